The number of fused-ring (bicyclic) bond motifs is 7. The summed E-state index contributed by atoms with van der Waals surface area (Å²) in [7, 11) is -3.95. The van der Waals surface area contributed by atoms with Crippen LogP contribution in [0.2, 0.25) is 0 Å². The maximum atomic E-state index is 14.3. The van der Waals surface area contributed by atoms with Gasteiger partial charge in [-0.1, -0.05) is 87.9 Å². The Balaban J connectivity index is 1.54. The first-order chi connectivity index (χ1) is 16.9. The third-order valence-electron chi connectivity index (χ3n) is 7.68. The highest BCUT2D eigenvalue weighted by Gasteiger charge is 2.43. The van der Waals surface area contributed by atoms with E-state index >= 15 is 0 Å². The second-order valence-electron chi connectivity index (χ2n) is 10.4. The quantitative estimate of drug-likeness (QED) is 0.271. The molecular weight excluding hydrogens is 455 g/mol. The highest BCUT2D eigenvalue weighted by Crippen LogP contribution is 2.60. The third-order valence-corrected chi connectivity index (χ3v) is 9.05. The smallest absolute Gasteiger partial charge is 0.394 e. The van der Waals surface area contributed by atoms with E-state index in [4.69, 9.17) is 13.6 Å². The van der Waals surface area contributed by atoms with Crippen molar-refractivity contribution in [1.29, 1.82) is 0 Å². The molecule has 1 aliphatic carbocycles. The minimum atomic E-state index is -3.95. The summed E-state index contributed by atoms with van der Waals surface area (Å²) < 4.78 is 33.2. The van der Waals surface area contributed by atoms with Gasteiger partial charge < -0.3 is 9.05 Å². The molecule has 0 N–H and O–H groups in total. The van der Waals surface area contributed by atoms with E-state index in [0.717, 1.165) is 45.5 Å². The van der Waals surface area contributed by atoms with Gasteiger partial charge in [0.2, 0.25) is 0 Å². The van der Waals surface area contributed by atoms with Crippen LogP contribution in [0.15, 0.2) is 72.8 Å². The van der Waals surface area contributed by atoms with Gasteiger partial charge in [-0.2, -0.15) is 0 Å². The molecule has 6 rings (SSSR count). The maximum Gasteiger partial charge on any atom is 0.587 e. The molecule has 0 bridgehead atoms. The predicted molar refractivity (Wildman–Crippen MR) is 142 cm³/mol. The van der Waals surface area contributed by atoms with Gasteiger partial charge in [0.05, 0.1) is 6.10 Å². The second kappa shape index (κ2) is 8.69. The van der Waals surface area contributed by atoms with Gasteiger partial charge in [0.25, 0.3) is 0 Å². The van der Waals surface area contributed by atoms with Crippen LogP contribution in [0.5, 0.6) is 11.5 Å². The Morgan fingerprint density at radius 1 is 0.800 bits per heavy atom. The molecule has 4 aromatic rings. The topological polar surface area (TPSA) is 44.8 Å². The highest BCUT2D eigenvalue weighted by atomic mass is 31.2. The zero-order valence-corrected chi connectivity index (χ0v) is 21.3. The molecule has 35 heavy (non-hydrogen) atoms. The summed E-state index contributed by atoms with van der Waals surface area (Å²) in [6, 6.07) is 24.2. The lowest BCUT2D eigenvalue weighted by Crippen LogP contribution is -2.34. The third kappa shape index (κ3) is 4.03. The average Bonchev–Trinajstić information content (AvgIpc) is 2.97. The fourth-order valence-electron chi connectivity index (χ4n) is 5.88. The van der Waals surface area contributed by atoms with Crippen molar-refractivity contribution in [2.75, 3.05) is 0 Å². The number of benzene rings is 4. The molecule has 0 radical (unpaired) electrons. The average molecular weight is 487 g/mol. The molecule has 180 valence electrons. The van der Waals surface area contributed by atoms with Crippen LogP contribution < -0.4 is 9.05 Å². The van der Waals surface area contributed by atoms with Gasteiger partial charge in [0.15, 0.2) is 0 Å². The summed E-state index contributed by atoms with van der Waals surface area (Å²) in [5, 5.41) is 4.25. The lowest BCUT2D eigenvalue weighted by atomic mass is 9.75. The minimum absolute atomic E-state index is 0.171. The monoisotopic (exact) mass is 486 g/mol. The van der Waals surface area contributed by atoms with Crippen LogP contribution in [0.1, 0.15) is 40.0 Å². The van der Waals surface area contributed by atoms with Crippen molar-refractivity contribution >= 4 is 29.4 Å². The SMILES string of the molecule is CC(C)[C@H]1CC[C@@H](C)C[C@@H]1OP1(=O)Oc2ccc3ccccc3c2-c2c(ccc3ccccc23)O1. The number of hydrogen-bond acceptors (Lipinski definition) is 4. The maximum absolute atomic E-state index is 14.3. The normalized spacial score (nSPS) is 23.3. The van der Waals surface area contributed by atoms with E-state index in [9.17, 15) is 4.57 Å². The van der Waals surface area contributed by atoms with E-state index in [0.29, 0.717) is 29.3 Å². The number of phosphoric acid groups is 1. The molecule has 0 aromatic heterocycles. The van der Waals surface area contributed by atoms with Crippen molar-refractivity contribution in [3.63, 3.8) is 0 Å². The minimum Gasteiger partial charge on any atom is -0.394 e. The molecule has 1 heterocycles. The molecule has 4 nitrogen and oxygen atoms in total. The molecule has 0 saturated heterocycles. The van der Waals surface area contributed by atoms with E-state index in [1.165, 1.54) is 6.42 Å². The molecule has 2 aliphatic rings. The van der Waals surface area contributed by atoms with Crippen LogP contribution in [-0.4, -0.2) is 6.10 Å². The van der Waals surface area contributed by atoms with E-state index in [2.05, 4.69) is 45.0 Å². The Bertz CT molecular complexity index is 1370. The molecule has 4 aromatic carbocycles. The summed E-state index contributed by atoms with van der Waals surface area (Å²) in [6.45, 7) is 6.66. The summed E-state index contributed by atoms with van der Waals surface area (Å²) in [5.41, 5.74) is 1.79. The molecule has 3 atom stereocenters. The van der Waals surface area contributed by atoms with E-state index in [-0.39, 0.29) is 6.10 Å². The number of rotatable bonds is 3. The molecule has 5 heteroatoms. The Labute approximate surface area is 206 Å². The zero-order chi connectivity index (χ0) is 24.2. The fourth-order valence-corrected chi connectivity index (χ4v) is 7.36. The van der Waals surface area contributed by atoms with Crippen molar-refractivity contribution in [1.82, 2.24) is 0 Å². The van der Waals surface area contributed by atoms with Gasteiger partial charge in [-0.05, 0) is 64.3 Å². The van der Waals surface area contributed by atoms with Crippen molar-refractivity contribution in [3.05, 3.63) is 72.8 Å². The first-order valence-electron chi connectivity index (χ1n) is 12.6. The fraction of sp³-hybridized carbons (Fsp3) is 0.333. The largest absolute Gasteiger partial charge is 0.587 e. The number of hydrogen-bond donors (Lipinski definition) is 0. The first-order valence-corrected chi connectivity index (χ1v) is 14.1. The van der Waals surface area contributed by atoms with Gasteiger partial charge in [0, 0.05) is 11.1 Å². The Morgan fingerprint density at radius 2 is 1.34 bits per heavy atom. The first kappa shape index (κ1) is 22.6. The molecule has 0 unspecified atom stereocenters. The Kier molecular flexibility index (Phi) is 5.62. The lowest BCUT2D eigenvalue weighted by Gasteiger charge is -2.37. The molecule has 0 spiro atoms. The van der Waals surface area contributed by atoms with E-state index in [1.54, 1.807) is 0 Å². The standard InChI is InChI=1S/C30H31O4P/c1-19(2)23-15-12-20(3)18-28(23)34-35(31)32-26-16-13-21-8-4-6-10-24(21)29(26)30-25-11-7-5-9-22(25)14-17-27(30)33-35/h4-11,13-14,16-17,19-20,23,28H,12,15,18H2,1-3H3/t20-,23-,28+/m1/s1. The number of phosphoric ester groups is 1. The van der Waals surface area contributed by atoms with Crippen molar-refractivity contribution in [3.8, 4) is 22.6 Å². The van der Waals surface area contributed by atoms with Crippen LogP contribution in [0, 0.1) is 17.8 Å². The van der Waals surface area contributed by atoms with Crippen LogP contribution in [0.25, 0.3) is 32.7 Å². The summed E-state index contributed by atoms with van der Waals surface area (Å²) in [5.74, 6) is 2.33. The molecule has 0 amide bonds. The summed E-state index contributed by atoms with van der Waals surface area (Å²) in [6.07, 6.45) is 2.91. The van der Waals surface area contributed by atoms with Crippen molar-refractivity contribution in [2.45, 2.75) is 46.1 Å². The van der Waals surface area contributed by atoms with E-state index < -0.39 is 7.82 Å². The van der Waals surface area contributed by atoms with Crippen LogP contribution in [0.3, 0.4) is 0 Å². The van der Waals surface area contributed by atoms with Gasteiger partial charge in [-0.25, -0.2) is 4.57 Å². The Hall–Kier alpha value is -2.81. The van der Waals surface area contributed by atoms with Gasteiger partial charge in [-0.3, -0.25) is 4.52 Å². The van der Waals surface area contributed by atoms with Crippen molar-refractivity contribution in [2.24, 2.45) is 17.8 Å². The predicted octanol–water partition coefficient (Wildman–Crippen LogP) is 9.02. The van der Waals surface area contributed by atoms with Gasteiger partial charge >= 0.3 is 7.82 Å². The highest BCUT2D eigenvalue weighted by molar-refractivity contribution is 7.49. The second-order valence-corrected chi connectivity index (χ2v) is 11.9. The molecule has 1 fully saturated rings. The van der Waals surface area contributed by atoms with Crippen molar-refractivity contribution < 1.29 is 18.1 Å². The van der Waals surface area contributed by atoms with Crippen LogP contribution >= 0.6 is 7.82 Å². The molecule has 1 saturated carbocycles. The van der Waals surface area contributed by atoms with Gasteiger partial charge in [0.1, 0.15) is 11.5 Å². The molecule has 1 aliphatic heterocycles. The summed E-state index contributed by atoms with van der Waals surface area (Å²) >= 11 is 0. The zero-order valence-electron chi connectivity index (χ0n) is 20.4. The Morgan fingerprint density at radius 3 is 1.89 bits per heavy atom. The van der Waals surface area contributed by atoms with Crippen LogP contribution in [-0.2, 0) is 9.09 Å². The van der Waals surface area contributed by atoms with E-state index in [1.807, 2.05) is 48.5 Å². The summed E-state index contributed by atoms with van der Waals surface area (Å²) in [4.78, 5) is 0. The van der Waals surface area contributed by atoms with Crippen LogP contribution in [0.4, 0.5) is 0 Å². The lowest BCUT2D eigenvalue weighted by molar-refractivity contribution is 0.0272. The molecular formula is C30H31O4P. The van der Waals surface area contributed by atoms with Gasteiger partial charge in [-0.15, -0.1) is 0 Å².